The zero-order valence-corrected chi connectivity index (χ0v) is 15.1. The van der Waals surface area contributed by atoms with Gasteiger partial charge in [-0.3, -0.25) is 9.20 Å². The number of nitrogens with zero attached hydrogens (tertiary/aromatic N) is 1. The van der Waals surface area contributed by atoms with Crippen LogP contribution in [0.1, 0.15) is 24.1 Å². The molecule has 0 bridgehead atoms. The van der Waals surface area contributed by atoms with Crippen molar-refractivity contribution >= 4 is 16.8 Å². The molecule has 0 amide bonds. The maximum absolute atomic E-state index is 12.1. The van der Waals surface area contributed by atoms with Gasteiger partial charge >= 0.3 is 0 Å². The molecule has 0 radical (unpaired) electrons. The highest BCUT2D eigenvalue weighted by molar-refractivity contribution is 7.84. The van der Waals surface area contributed by atoms with Gasteiger partial charge in [-0.2, -0.15) is 0 Å². The summed E-state index contributed by atoms with van der Waals surface area (Å²) in [6.07, 6.45) is 0. The molecule has 2 aromatic rings. The van der Waals surface area contributed by atoms with Crippen LogP contribution in [0.25, 0.3) is 0 Å². The number of hydrogen-bond donors (Lipinski definition) is 2. The second-order valence-electron chi connectivity index (χ2n) is 5.55. The lowest BCUT2D eigenvalue weighted by molar-refractivity contribution is 0.676. The largest absolute Gasteiger partial charge is 0.355 e. The minimum atomic E-state index is -0.883. The Morgan fingerprint density at radius 3 is 2.33 bits per heavy atom. The maximum atomic E-state index is 12.1. The standard InChI is InChI=1S/C19H25N3OS/c1-16(18-11-7-4-8-12-18)22-19(20-2)21-13-14-24(23)15-17-9-5-3-6-10-17/h3-12,16H,13-15H2,1-2H3,(H2,20,21,22). The molecule has 2 N–H and O–H groups in total. The monoisotopic (exact) mass is 343 g/mol. The van der Waals surface area contributed by atoms with Gasteiger partial charge in [0.15, 0.2) is 5.96 Å². The minimum absolute atomic E-state index is 0.159. The summed E-state index contributed by atoms with van der Waals surface area (Å²) < 4.78 is 12.1. The van der Waals surface area contributed by atoms with E-state index in [0.29, 0.717) is 18.1 Å². The quantitative estimate of drug-likeness (QED) is 0.600. The molecule has 24 heavy (non-hydrogen) atoms. The van der Waals surface area contributed by atoms with Crippen molar-refractivity contribution in [2.75, 3.05) is 19.3 Å². The van der Waals surface area contributed by atoms with Gasteiger partial charge in [-0.1, -0.05) is 60.7 Å². The van der Waals surface area contributed by atoms with Crippen LogP contribution < -0.4 is 10.6 Å². The molecule has 0 spiro atoms. The van der Waals surface area contributed by atoms with E-state index in [-0.39, 0.29) is 6.04 Å². The molecule has 2 unspecified atom stereocenters. The predicted octanol–water partition coefficient (Wildman–Crippen LogP) is 2.86. The van der Waals surface area contributed by atoms with Crippen molar-refractivity contribution in [1.82, 2.24) is 10.6 Å². The zero-order chi connectivity index (χ0) is 17.2. The molecule has 2 atom stereocenters. The van der Waals surface area contributed by atoms with Gasteiger partial charge in [-0.05, 0) is 18.1 Å². The topological polar surface area (TPSA) is 53.5 Å². The average molecular weight is 343 g/mol. The van der Waals surface area contributed by atoms with Crippen LogP contribution in [0.15, 0.2) is 65.7 Å². The SMILES string of the molecule is CN=C(NCCS(=O)Cc1ccccc1)NC(C)c1ccccc1. The van der Waals surface area contributed by atoms with E-state index in [2.05, 4.69) is 34.7 Å². The summed E-state index contributed by atoms with van der Waals surface area (Å²) in [7, 11) is 0.861. The Morgan fingerprint density at radius 1 is 1.08 bits per heavy atom. The van der Waals surface area contributed by atoms with Gasteiger partial charge in [0.05, 0.1) is 6.04 Å². The van der Waals surface area contributed by atoms with Crippen LogP contribution in [0.4, 0.5) is 0 Å². The Hall–Kier alpha value is -2.14. The molecule has 0 saturated heterocycles. The molecule has 0 fully saturated rings. The van der Waals surface area contributed by atoms with E-state index in [0.717, 1.165) is 11.5 Å². The Morgan fingerprint density at radius 2 is 1.71 bits per heavy atom. The fraction of sp³-hybridized carbons (Fsp3) is 0.316. The molecule has 5 heteroatoms. The molecular formula is C19H25N3OS. The van der Waals surface area contributed by atoms with Crippen LogP contribution in [-0.4, -0.2) is 29.5 Å². The van der Waals surface area contributed by atoms with Gasteiger partial charge in [0.2, 0.25) is 0 Å². The maximum Gasteiger partial charge on any atom is 0.191 e. The van der Waals surface area contributed by atoms with E-state index < -0.39 is 10.8 Å². The molecule has 0 aliphatic rings. The smallest absolute Gasteiger partial charge is 0.191 e. The number of rotatable bonds is 7. The molecule has 0 heterocycles. The van der Waals surface area contributed by atoms with Crippen LogP contribution >= 0.6 is 0 Å². The molecule has 128 valence electrons. The molecular weight excluding hydrogens is 318 g/mol. The number of guanidine groups is 1. The van der Waals surface area contributed by atoms with E-state index in [4.69, 9.17) is 0 Å². The first-order chi connectivity index (χ1) is 11.7. The Kier molecular flexibility index (Phi) is 7.49. The van der Waals surface area contributed by atoms with Crippen LogP contribution in [0.3, 0.4) is 0 Å². The number of aliphatic imine (C=N–C) groups is 1. The average Bonchev–Trinajstić information content (AvgIpc) is 2.62. The van der Waals surface area contributed by atoms with Crippen LogP contribution in [0.5, 0.6) is 0 Å². The number of nitrogens with one attached hydrogen (secondary N) is 2. The second-order valence-corrected chi connectivity index (χ2v) is 7.13. The first-order valence-electron chi connectivity index (χ1n) is 8.10. The van der Waals surface area contributed by atoms with E-state index in [1.807, 2.05) is 48.5 Å². The fourth-order valence-electron chi connectivity index (χ4n) is 2.34. The lowest BCUT2D eigenvalue weighted by Crippen LogP contribution is -2.40. The molecule has 4 nitrogen and oxygen atoms in total. The van der Waals surface area contributed by atoms with E-state index >= 15 is 0 Å². The van der Waals surface area contributed by atoms with Gasteiger partial charge in [0.25, 0.3) is 0 Å². The first kappa shape index (κ1) is 18.2. The Balaban J connectivity index is 1.74. The molecule has 0 aliphatic heterocycles. The number of benzene rings is 2. The summed E-state index contributed by atoms with van der Waals surface area (Å²) in [5.74, 6) is 1.91. The summed E-state index contributed by atoms with van der Waals surface area (Å²) in [4.78, 5) is 4.23. The van der Waals surface area contributed by atoms with E-state index in [9.17, 15) is 4.21 Å². The van der Waals surface area contributed by atoms with E-state index in [1.165, 1.54) is 5.56 Å². The Bertz CT molecular complexity index is 659. The van der Waals surface area contributed by atoms with Gasteiger partial charge in [-0.15, -0.1) is 0 Å². The van der Waals surface area contributed by atoms with Crippen molar-refractivity contribution < 1.29 is 4.21 Å². The van der Waals surface area contributed by atoms with Crippen LogP contribution in [0.2, 0.25) is 0 Å². The summed E-state index contributed by atoms with van der Waals surface area (Å²) in [5.41, 5.74) is 2.31. The summed E-state index contributed by atoms with van der Waals surface area (Å²) in [5, 5.41) is 6.58. The predicted molar refractivity (Wildman–Crippen MR) is 103 cm³/mol. The molecule has 2 rings (SSSR count). The molecule has 0 saturated carbocycles. The minimum Gasteiger partial charge on any atom is -0.355 e. The van der Waals surface area contributed by atoms with Crippen molar-refractivity contribution in [1.29, 1.82) is 0 Å². The van der Waals surface area contributed by atoms with Crippen molar-refractivity contribution in [3.8, 4) is 0 Å². The highest BCUT2D eigenvalue weighted by atomic mass is 32.2. The van der Waals surface area contributed by atoms with Crippen molar-refractivity contribution in [2.24, 2.45) is 4.99 Å². The van der Waals surface area contributed by atoms with Crippen molar-refractivity contribution in [3.05, 3.63) is 71.8 Å². The lowest BCUT2D eigenvalue weighted by Gasteiger charge is -2.18. The summed E-state index contributed by atoms with van der Waals surface area (Å²) in [6.45, 7) is 2.72. The van der Waals surface area contributed by atoms with Gasteiger partial charge in [0.1, 0.15) is 0 Å². The molecule has 0 aliphatic carbocycles. The van der Waals surface area contributed by atoms with Crippen LogP contribution in [0, 0.1) is 0 Å². The zero-order valence-electron chi connectivity index (χ0n) is 14.2. The fourth-order valence-corrected chi connectivity index (χ4v) is 3.38. The number of hydrogen-bond acceptors (Lipinski definition) is 2. The van der Waals surface area contributed by atoms with Crippen molar-refractivity contribution in [3.63, 3.8) is 0 Å². The third kappa shape index (κ3) is 6.16. The molecule has 2 aromatic carbocycles. The Labute approximate surface area is 146 Å². The second kappa shape index (κ2) is 9.88. The molecule has 0 aromatic heterocycles. The normalized spacial score (nSPS) is 14.0. The third-order valence-corrected chi connectivity index (χ3v) is 4.98. The highest BCUT2D eigenvalue weighted by Gasteiger charge is 2.07. The summed E-state index contributed by atoms with van der Waals surface area (Å²) in [6, 6.07) is 20.3. The van der Waals surface area contributed by atoms with Gasteiger partial charge in [0, 0.05) is 35.9 Å². The van der Waals surface area contributed by atoms with Crippen LogP contribution in [-0.2, 0) is 16.6 Å². The van der Waals surface area contributed by atoms with E-state index in [1.54, 1.807) is 7.05 Å². The third-order valence-electron chi connectivity index (χ3n) is 3.67. The highest BCUT2D eigenvalue weighted by Crippen LogP contribution is 2.10. The summed E-state index contributed by atoms with van der Waals surface area (Å²) >= 11 is 0. The lowest BCUT2D eigenvalue weighted by atomic mass is 10.1. The van der Waals surface area contributed by atoms with Gasteiger partial charge < -0.3 is 10.6 Å². The first-order valence-corrected chi connectivity index (χ1v) is 9.59. The van der Waals surface area contributed by atoms with Crippen molar-refractivity contribution in [2.45, 2.75) is 18.7 Å². The van der Waals surface area contributed by atoms with Gasteiger partial charge in [-0.25, -0.2) is 0 Å².